The fraction of sp³-hybridized carbons (Fsp3) is 0.100. The van der Waals surface area contributed by atoms with E-state index in [-0.39, 0.29) is 11.7 Å². The van der Waals surface area contributed by atoms with Crippen molar-refractivity contribution >= 4 is 44.0 Å². The number of nitrogens with one attached hydrogen (secondary N) is 1. The molecule has 1 heterocycles. The van der Waals surface area contributed by atoms with E-state index >= 15 is 0 Å². The molecule has 0 atom stereocenters. The quantitative estimate of drug-likeness (QED) is 0.564. The van der Waals surface area contributed by atoms with Crippen LogP contribution in [-0.4, -0.2) is 11.7 Å². The Morgan fingerprint density at radius 2 is 1.56 bits per heavy atom. The second-order valence-corrected chi connectivity index (χ2v) is 7.78. The zero-order valence-corrected chi connectivity index (χ0v) is 16.2. The van der Waals surface area contributed by atoms with Gasteiger partial charge in [0.15, 0.2) is 5.78 Å². The Hall–Kier alpha value is -2.24. The van der Waals surface area contributed by atoms with Gasteiger partial charge in [-0.15, -0.1) is 11.3 Å². The van der Waals surface area contributed by atoms with Crippen LogP contribution in [0, 0.1) is 13.8 Å². The Morgan fingerprint density at radius 1 is 0.920 bits per heavy atom. The van der Waals surface area contributed by atoms with Crippen molar-refractivity contribution in [2.24, 2.45) is 0 Å². The van der Waals surface area contributed by atoms with Crippen LogP contribution in [0.2, 0.25) is 0 Å². The van der Waals surface area contributed by atoms with Gasteiger partial charge in [-0.3, -0.25) is 9.59 Å². The summed E-state index contributed by atoms with van der Waals surface area (Å²) in [4.78, 5) is 26.5. The van der Waals surface area contributed by atoms with E-state index in [1.165, 1.54) is 11.3 Å². The number of thiophene rings is 1. The summed E-state index contributed by atoms with van der Waals surface area (Å²) < 4.78 is 0.917. The van der Waals surface area contributed by atoms with E-state index in [1.807, 2.05) is 44.2 Å². The van der Waals surface area contributed by atoms with Crippen LogP contribution in [-0.2, 0) is 0 Å². The Kier molecular flexibility index (Phi) is 5.16. The minimum absolute atomic E-state index is 0.0855. The van der Waals surface area contributed by atoms with Crippen molar-refractivity contribution in [1.29, 1.82) is 0 Å². The number of hydrogen-bond donors (Lipinski definition) is 1. The molecule has 0 spiro atoms. The lowest BCUT2D eigenvalue weighted by molar-refractivity contribution is 0.102. The first-order valence-corrected chi connectivity index (χ1v) is 9.35. The van der Waals surface area contributed by atoms with Gasteiger partial charge in [0.05, 0.1) is 5.56 Å². The molecule has 1 aromatic heterocycles. The van der Waals surface area contributed by atoms with Gasteiger partial charge in [-0.2, -0.15) is 0 Å². The van der Waals surface area contributed by atoms with Gasteiger partial charge in [-0.05, 0) is 55.8 Å². The number of anilines is 1. The number of carbonyl (C=O) groups is 2. The second-order valence-electron chi connectivity index (χ2n) is 5.64. The molecule has 0 aliphatic carbocycles. The molecule has 0 bridgehead atoms. The molecule has 5 heteroatoms. The van der Waals surface area contributed by atoms with Gasteiger partial charge < -0.3 is 5.32 Å². The molecule has 3 rings (SSSR count). The van der Waals surface area contributed by atoms with E-state index in [0.717, 1.165) is 14.9 Å². The first-order chi connectivity index (χ1) is 12.0. The molecular formula is C20H16BrNO2S. The lowest BCUT2D eigenvalue weighted by Crippen LogP contribution is -2.14. The predicted molar refractivity (Wildman–Crippen MR) is 106 cm³/mol. The van der Waals surface area contributed by atoms with Crippen LogP contribution in [0.25, 0.3) is 0 Å². The maximum absolute atomic E-state index is 13.0. The normalized spacial score (nSPS) is 10.5. The Labute approximate surface area is 158 Å². The topological polar surface area (TPSA) is 46.2 Å². The Bertz CT molecular complexity index is 930. The van der Waals surface area contributed by atoms with Gasteiger partial charge in [-0.25, -0.2) is 0 Å². The fourth-order valence-corrected chi connectivity index (χ4v) is 3.82. The molecule has 126 valence electrons. The summed E-state index contributed by atoms with van der Waals surface area (Å²) in [6.07, 6.45) is 0. The van der Waals surface area contributed by atoms with Gasteiger partial charge in [0.2, 0.25) is 0 Å². The monoisotopic (exact) mass is 413 g/mol. The van der Waals surface area contributed by atoms with E-state index in [9.17, 15) is 9.59 Å². The molecule has 1 N–H and O–H groups in total. The fourth-order valence-electron chi connectivity index (χ4n) is 2.50. The summed E-state index contributed by atoms with van der Waals surface area (Å²) in [6, 6.07) is 16.2. The van der Waals surface area contributed by atoms with Crippen molar-refractivity contribution in [2.45, 2.75) is 13.8 Å². The molecule has 2 aromatic carbocycles. The maximum atomic E-state index is 13.0. The molecule has 0 aliphatic heterocycles. The predicted octanol–water partition coefficient (Wildman–Crippen LogP) is 5.61. The lowest BCUT2D eigenvalue weighted by Gasteiger charge is -2.07. The SMILES string of the molecule is Cc1sc(NC(=O)c2ccccc2)c(C(=O)c2ccc(Br)cc2)c1C. The highest BCUT2D eigenvalue weighted by molar-refractivity contribution is 9.10. The first kappa shape index (κ1) is 17.6. The molecular weight excluding hydrogens is 398 g/mol. The van der Waals surface area contributed by atoms with E-state index in [0.29, 0.717) is 21.7 Å². The molecule has 0 aliphatic rings. The average Bonchev–Trinajstić information content (AvgIpc) is 2.89. The highest BCUT2D eigenvalue weighted by atomic mass is 79.9. The smallest absolute Gasteiger partial charge is 0.256 e. The summed E-state index contributed by atoms with van der Waals surface area (Å²) in [5.74, 6) is -0.301. The molecule has 0 saturated heterocycles. The van der Waals surface area contributed by atoms with Crippen molar-refractivity contribution in [2.75, 3.05) is 5.32 Å². The minimum atomic E-state index is -0.216. The summed E-state index contributed by atoms with van der Waals surface area (Å²) >= 11 is 4.80. The van der Waals surface area contributed by atoms with Crippen molar-refractivity contribution in [3.8, 4) is 0 Å². The average molecular weight is 414 g/mol. The van der Waals surface area contributed by atoms with Crippen molar-refractivity contribution < 1.29 is 9.59 Å². The van der Waals surface area contributed by atoms with Gasteiger partial charge in [0.25, 0.3) is 5.91 Å². The number of amides is 1. The molecule has 0 saturated carbocycles. The molecule has 25 heavy (non-hydrogen) atoms. The minimum Gasteiger partial charge on any atom is -0.313 e. The Balaban J connectivity index is 1.96. The highest BCUT2D eigenvalue weighted by Gasteiger charge is 2.22. The van der Waals surface area contributed by atoms with Gasteiger partial charge in [-0.1, -0.05) is 34.1 Å². The number of halogens is 1. The summed E-state index contributed by atoms with van der Waals surface area (Å²) in [5.41, 5.74) is 2.63. The van der Waals surface area contributed by atoms with Crippen molar-refractivity contribution in [3.63, 3.8) is 0 Å². The third kappa shape index (κ3) is 3.72. The first-order valence-electron chi connectivity index (χ1n) is 7.74. The number of aryl methyl sites for hydroxylation is 1. The van der Waals surface area contributed by atoms with Crippen LogP contribution in [0.4, 0.5) is 5.00 Å². The standard InChI is InChI=1S/C20H16BrNO2S/c1-12-13(2)25-20(22-19(24)15-6-4-3-5-7-15)17(12)18(23)14-8-10-16(21)11-9-14/h3-11H,1-2H3,(H,22,24). The molecule has 3 aromatic rings. The van der Waals surface area contributed by atoms with E-state index in [2.05, 4.69) is 21.2 Å². The highest BCUT2D eigenvalue weighted by Crippen LogP contribution is 2.34. The van der Waals surface area contributed by atoms with Crippen LogP contribution >= 0.6 is 27.3 Å². The van der Waals surface area contributed by atoms with Crippen molar-refractivity contribution in [1.82, 2.24) is 0 Å². The number of hydrogen-bond acceptors (Lipinski definition) is 3. The second kappa shape index (κ2) is 7.33. The van der Waals surface area contributed by atoms with E-state index < -0.39 is 0 Å². The number of rotatable bonds is 4. The van der Waals surface area contributed by atoms with Crippen LogP contribution in [0.3, 0.4) is 0 Å². The molecule has 1 amide bonds. The van der Waals surface area contributed by atoms with Gasteiger partial charge in [0, 0.05) is 20.5 Å². The van der Waals surface area contributed by atoms with Gasteiger partial charge in [0.1, 0.15) is 5.00 Å². The number of ketones is 1. The molecule has 0 unspecified atom stereocenters. The number of benzene rings is 2. The van der Waals surface area contributed by atoms with Crippen molar-refractivity contribution in [3.05, 3.63) is 86.2 Å². The van der Waals surface area contributed by atoms with E-state index in [4.69, 9.17) is 0 Å². The lowest BCUT2D eigenvalue weighted by atomic mass is 10.0. The van der Waals surface area contributed by atoms with Gasteiger partial charge >= 0.3 is 0 Å². The summed E-state index contributed by atoms with van der Waals surface area (Å²) in [6.45, 7) is 3.87. The number of carbonyl (C=O) groups excluding carboxylic acids is 2. The molecule has 0 fully saturated rings. The molecule has 0 radical (unpaired) electrons. The van der Waals surface area contributed by atoms with Crippen LogP contribution in [0.15, 0.2) is 59.1 Å². The van der Waals surface area contributed by atoms with Crippen LogP contribution in [0.1, 0.15) is 36.7 Å². The third-order valence-corrected chi connectivity index (χ3v) is 5.63. The Morgan fingerprint density at radius 3 is 2.20 bits per heavy atom. The zero-order chi connectivity index (χ0) is 18.0. The molecule has 3 nitrogen and oxygen atoms in total. The zero-order valence-electron chi connectivity index (χ0n) is 13.8. The maximum Gasteiger partial charge on any atom is 0.256 e. The van der Waals surface area contributed by atoms with Crippen LogP contribution in [0.5, 0.6) is 0 Å². The summed E-state index contributed by atoms with van der Waals surface area (Å²) in [7, 11) is 0. The third-order valence-electron chi connectivity index (χ3n) is 3.98. The van der Waals surface area contributed by atoms with Crippen LogP contribution < -0.4 is 5.32 Å². The largest absolute Gasteiger partial charge is 0.313 e. The van der Waals surface area contributed by atoms with E-state index in [1.54, 1.807) is 24.3 Å². The summed E-state index contributed by atoms with van der Waals surface area (Å²) in [5, 5.41) is 3.49.